The van der Waals surface area contributed by atoms with E-state index < -0.39 is 17.7 Å². The van der Waals surface area contributed by atoms with E-state index in [0.29, 0.717) is 35.6 Å². The van der Waals surface area contributed by atoms with E-state index in [2.05, 4.69) is 0 Å². The van der Waals surface area contributed by atoms with Crippen molar-refractivity contribution in [2.24, 2.45) is 0 Å². The number of ether oxygens (including phenoxy) is 3. The molecule has 204 valence electrons. The molecule has 0 spiro atoms. The van der Waals surface area contributed by atoms with E-state index in [1.54, 1.807) is 38.4 Å². The number of aliphatic hydroxyl groups is 1. The molecule has 7 heteroatoms. The molecule has 1 fully saturated rings. The molecule has 1 saturated heterocycles. The van der Waals surface area contributed by atoms with Crippen LogP contribution in [-0.2, 0) is 16.0 Å². The summed E-state index contributed by atoms with van der Waals surface area (Å²) in [5.41, 5.74) is 3.93. The molecular formula is C32H35NO6. The zero-order chi connectivity index (χ0) is 28.3. The number of hydrogen-bond donors (Lipinski definition) is 1. The number of nitrogens with zero attached hydrogens (tertiary/aromatic N) is 1. The molecule has 1 heterocycles. The second kappa shape index (κ2) is 11.6. The van der Waals surface area contributed by atoms with E-state index in [9.17, 15) is 14.7 Å². The molecule has 0 radical (unpaired) electrons. The van der Waals surface area contributed by atoms with Gasteiger partial charge in [0.15, 0.2) is 0 Å². The first-order valence-corrected chi connectivity index (χ1v) is 12.9. The molecular weight excluding hydrogens is 494 g/mol. The molecule has 1 aliphatic heterocycles. The van der Waals surface area contributed by atoms with Crippen LogP contribution in [0.15, 0.2) is 66.2 Å². The van der Waals surface area contributed by atoms with Crippen LogP contribution < -0.4 is 14.2 Å². The highest BCUT2D eigenvalue weighted by molar-refractivity contribution is 6.46. The number of Topliss-reactive ketones (excluding diaryl/α,β-unsaturated/α-hetero) is 1. The maximum atomic E-state index is 13.5. The van der Waals surface area contributed by atoms with Gasteiger partial charge in [-0.1, -0.05) is 38.1 Å². The average molecular weight is 530 g/mol. The molecule has 1 atom stereocenters. The van der Waals surface area contributed by atoms with Crippen molar-refractivity contribution in [2.75, 3.05) is 27.9 Å². The minimum Gasteiger partial charge on any atom is -0.507 e. The monoisotopic (exact) mass is 529 g/mol. The van der Waals surface area contributed by atoms with Crippen LogP contribution in [0.5, 0.6) is 17.2 Å². The first-order valence-electron chi connectivity index (χ1n) is 12.9. The highest BCUT2D eigenvalue weighted by Gasteiger charge is 2.46. The number of benzene rings is 3. The molecule has 0 bridgehead atoms. The molecule has 3 aromatic rings. The Labute approximate surface area is 229 Å². The standard InChI is InChI=1S/C32H35NO6/c1-19(2)25-18-26(20(3)17-27(25)39-6)30(34)28-29(22-9-13-24(38-5)14-10-22)33(32(36)31(28)35)16-15-21-7-11-23(37-4)12-8-21/h7-14,17-19,29,34H,15-16H2,1-6H3/b30-28+. The van der Waals surface area contributed by atoms with Crippen molar-refractivity contribution in [2.45, 2.75) is 39.2 Å². The quantitative estimate of drug-likeness (QED) is 0.214. The molecule has 3 aromatic carbocycles. The van der Waals surface area contributed by atoms with Crippen LogP contribution >= 0.6 is 0 Å². The van der Waals surface area contributed by atoms with Gasteiger partial charge in [-0.3, -0.25) is 9.59 Å². The van der Waals surface area contributed by atoms with Crippen LogP contribution in [0, 0.1) is 6.92 Å². The molecule has 0 aromatic heterocycles. The molecule has 1 unspecified atom stereocenters. The second-order valence-electron chi connectivity index (χ2n) is 9.93. The number of carbonyl (C=O) groups excluding carboxylic acids is 2. The third kappa shape index (κ3) is 5.48. The fourth-order valence-electron chi connectivity index (χ4n) is 5.01. The minimum atomic E-state index is -0.752. The van der Waals surface area contributed by atoms with Crippen LogP contribution in [0.4, 0.5) is 0 Å². The van der Waals surface area contributed by atoms with E-state index >= 15 is 0 Å². The molecule has 1 N–H and O–H groups in total. The third-order valence-electron chi connectivity index (χ3n) is 7.23. The van der Waals surface area contributed by atoms with Crippen molar-refractivity contribution in [1.82, 2.24) is 4.90 Å². The minimum absolute atomic E-state index is 0.0721. The lowest BCUT2D eigenvalue weighted by atomic mass is 9.91. The van der Waals surface area contributed by atoms with Gasteiger partial charge in [0.05, 0.1) is 32.9 Å². The molecule has 1 aliphatic rings. The van der Waals surface area contributed by atoms with Crippen LogP contribution in [0.3, 0.4) is 0 Å². The lowest BCUT2D eigenvalue weighted by Gasteiger charge is -2.26. The van der Waals surface area contributed by atoms with E-state index in [1.165, 1.54) is 0 Å². The molecule has 0 aliphatic carbocycles. The van der Waals surface area contributed by atoms with Gasteiger partial charge >= 0.3 is 0 Å². The van der Waals surface area contributed by atoms with Gasteiger partial charge in [0, 0.05) is 12.1 Å². The number of ketones is 1. The van der Waals surface area contributed by atoms with Crippen molar-refractivity contribution in [3.8, 4) is 17.2 Å². The summed E-state index contributed by atoms with van der Waals surface area (Å²) in [7, 11) is 4.80. The predicted octanol–water partition coefficient (Wildman–Crippen LogP) is 5.81. The summed E-state index contributed by atoms with van der Waals surface area (Å²) in [4.78, 5) is 28.5. The fourth-order valence-corrected chi connectivity index (χ4v) is 5.01. The van der Waals surface area contributed by atoms with Gasteiger partial charge in [0.1, 0.15) is 23.0 Å². The van der Waals surface area contributed by atoms with Gasteiger partial charge in [-0.2, -0.15) is 0 Å². The Morgan fingerprint density at radius 2 is 1.49 bits per heavy atom. The maximum absolute atomic E-state index is 13.5. The molecule has 0 saturated carbocycles. The van der Waals surface area contributed by atoms with Crippen molar-refractivity contribution in [3.63, 3.8) is 0 Å². The van der Waals surface area contributed by atoms with Crippen LogP contribution in [0.1, 0.15) is 53.6 Å². The van der Waals surface area contributed by atoms with Gasteiger partial charge in [0.25, 0.3) is 11.7 Å². The zero-order valence-corrected chi connectivity index (χ0v) is 23.3. The highest BCUT2D eigenvalue weighted by Crippen LogP contribution is 2.41. The number of amides is 1. The molecule has 39 heavy (non-hydrogen) atoms. The largest absolute Gasteiger partial charge is 0.507 e. The smallest absolute Gasteiger partial charge is 0.295 e. The van der Waals surface area contributed by atoms with E-state index in [0.717, 1.165) is 22.4 Å². The topological polar surface area (TPSA) is 85.3 Å². The average Bonchev–Trinajstić information content (AvgIpc) is 3.20. The molecule has 7 nitrogen and oxygen atoms in total. The summed E-state index contributed by atoms with van der Waals surface area (Å²) in [5.74, 6) is 0.699. The Hall–Kier alpha value is -4.26. The summed E-state index contributed by atoms with van der Waals surface area (Å²) in [6.45, 7) is 6.21. The normalized spacial score (nSPS) is 16.6. The Morgan fingerprint density at radius 1 is 0.897 bits per heavy atom. The number of rotatable bonds is 9. The van der Waals surface area contributed by atoms with Gasteiger partial charge in [-0.15, -0.1) is 0 Å². The van der Waals surface area contributed by atoms with Gasteiger partial charge < -0.3 is 24.2 Å². The van der Waals surface area contributed by atoms with E-state index in [4.69, 9.17) is 14.2 Å². The predicted molar refractivity (Wildman–Crippen MR) is 151 cm³/mol. The third-order valence-corrected chi connectivity index (χ3v) is 7.23. The number of aliphatic hydroxyl groups excluding tert-OH is 1. The number of aryl methyl sites for hydroxylation is 1. The van der Waals surface area contributed by atoms with Crippen LogP contribution in [0.25, 0.3) is 5.76 Å². The molecule has 1 amide bonds. The Morgan fingerprint density at radius 3 is 2.03 bits per heavy atom. The Bertz CT molecular complexity index is 1390. The maximum Gasteiger partial charge on any atom is 0.295 e. The van der Waals surface area contributed by atoms with Crippen molar-refractivity contribution >= 4 is 17.4 Å². The SMILES string of the molecule is COc1ccc(CCN2C(=O)C(=O)/C(=C(/O)c3cc(C(C)C)c(OC)cc3C)C2c2ccc(OC)cc2)cc1. The summed E-state index contributed by atoms with van der Waals surface area (Å²) in [6.07, 6.45) is 0.531. The zero-order valence-electron chi connectivity index (χ0n) is 23.3. The lowest BCUT2D eigenvalue weighted by Crippen LogP contribution is -2.31. The number of likely N-dealkylation sites (tertiary alicyclic amines) is 1. The van der Waals surface area contributed by atoms with E-state index in [-0.39, 0.29) is 17.3 Å². The van der Waals surface area contributed by atoms with Crippen molar-refractivity contribution in [1.29, 1.82) is 0 Å². The van der Waals surface area contributed by atoms with Crippen LogP contribution in [-0.4, -0.2) is 49.6 Å². The number of carbonyl (C=O) groups is 2. The Balaban J connectivity index is 1.82. The summed E-state index contributed by atoms with van der Waals surface area (Å²) < 4.78 is 16.1. The summed E-state index contributed by atoms with van der Waals surface area (Å²) in [6, 6.07) is 17.8. The molecule has 4 rings (SSSR count). The number of methoxy groups -OCH3 is 3. The Kier molecular flexibility index (Phi) is 8.29. The van der Waals surface area contributed by atoms with Crippen molar-refractivity contribution < 1.29 is 28.9 Å². The van der Waals surface area contributed by atoms with E-state index in [1.807, 2.05) is 69.3 Å². The lowest BCUT2D eigenvalue weighted by molar-refractivity contribution is -0.139. The highest BCUT2D eigenvalue weighted by atomic mass is 16.5. The van der Waals surface area contributed by atoms with Gasteiger partial charge in [-0.05, 0) is 77.9 Å². The fraction of sp³-hybridized carbons (Fsp3) is 0.312. The van der Waals surface area contributed by atoms with Crippen molar-refractivity contribution in [3.05, 3.63) is 94.1 Å². The van der Waals surface area contributed by atoms with Gasteiger partial charge in [0.2, 0.25) is 0 Å². The first kappa shape index (κ1) is 27.8. The number of hydrogen-bond acceptors (Lipinski definition) is 6. The summed E-state index contributed by atoms with van der Waals surface area (Å²) >= 11 is 0. The van der Waals surface area contributed by atoms with Gasteiger partial charge in [-0.25, -0.2) is 0 Å². The summed E-state index contributed by atoms with van der Waals surface area (Å²) in [5, 5.41) is 11.7. The van der Waals surface area contributed by atoms with Crippen LogP contribution in [0.2, 0.25) is 0 Å². The second-order valence-corrected chi connectivity index (χ2v) is 9.93. The first-order chi connectivity index (χ1) is 18.7.